The smallest absolute Gasteiger partial charge is 0.129 e. The molecule has 0 spiro atoms. The molecule has 1 nitrogen and oxygen atoms in total. The maximum atomic E-state index is 13.5. The van der Waals surface area contributed by atoms with E-state index in [4.69, 9.17) is 23.2 Å². The van der Waals surface area contributed by atoms with Crippen molar-refractivity contribution in [1.82, 2.24) is 5.32 Å². The summed E-state index contributed by atoms with van der Waals surface area (Å²) in [6.07, 6.45) is 0.909. The van der Waals surface area contributed by atoms with E-state index >= 15 is 0 Å². The van der Waals surface area contributed by atoms with Gasteiger partial charge in [0.1, 0.15) is 5.82 Å². The highest BCUT2D eigenvalue weighted by Gasteiger charge is 2.16. The molecular weight excluding hydrogens is 272 g/mol. The Morgan fingerprint density at radius 1 is 1.33 bits per heavy atom. The summed E-state index contributed by atoms with van der Waals surface area (Å²) < 4.78 is 13.5. The van der Waals surface area contributed by atoms with E-state index in [1.807, 2.05) is 0 Å². The van der Waals surface area contributed by atoms with Crippen LogP contribution in [0.25, 0.3) is 0 Å². The highest BCUT2D eigenvalue weighted by Crippen LogP contribution is 2.23. The molecule has 18 heavy (non-hydrogen) atoms. The van der Waals surface area contributed by atoms with Gasteiger partial charge in [0.15, 0.2) is 0 Å². The average Bonchev–Trinajstić information content (AvgIpc) is 2.19. The zero-order chi connectivity index (χ0) is 13.8. The quantitative estimate of drug-likeness (QED) is 0.781. The number of hydrogen-bond acceptors (Lipinski definition) is 1. The number of rotatable bonds is 5. The van der Waals surface area contributed by atoms with Gasteiger partial charge in [-0.15, -0.1) is 11.6 Å². The van der Waals surface area contributed by atoms with Crippen LogP contribution in [0.5, 0.6) is 0 Å². The monoisotopic (exact) mass is 291 g/mol. The van der Waals surface area contributed by atoms with Gasteiger partial charge in [-0.2, -0.15) is 0 Å². The summed E-state index contributed by atoms with van der Waals surface area (Å²) in [5, 5.41) is 3.64. The van der Waals surface area contributed by atoms with Crippen molar-refractivity contribution in [2.24, 2.45) is 5.41 Å². The molecule has 4 heteroatoms. The summed E-state index contributed by atoms with van der Waals surface area (Å²) in [4.78, 5) is 0. The number of halogens is 3. The van der Waals surface area contributed by atoms with Crippen LogP contribution in [-0.2, 0) is 6.54 Å². The van der Waals surface area contributed by atoms with Crippen molar-refractivity contribution in [3.05, 3.63) is 34.6 Å². The second-order valence-electron chi connectivity index (χ2n) is 5.69. The first-order chi connectivity index (χ1) is 8.29. The summed E-state index contributed by atoms with van der Waals surface area (Å²) in [7, 11) is 0. The fourth-order valence-electron chi connectivity index (χ4n) is 1.79. The van der Waals surface area contributed by atoms with Crippen LogP contribution in [0.3, 0.4) is 0 Å². The molecule has 0 aliphatic rings. The van der Waals surface area contributed by atoms with E-state index in [2.05, 4.69) is 26.1 Å². The third-order valence-electron chi connectivity index (χ3n) is 2.56. The molecule has 1 N–H and O–H groups in total. The van der Waals surface area contributed by atoms with Crippen molar-refractivity contribution in [3.63, 3.8) is 0 Å². The van der Waals surface area contributed by atoms with Crippen LogP contribution < -0.4 is 5.32 Å². The zero-order valence-corrected chi connectivity index (χ0v) is 12.6. The summed E-state index contributed by atoms with van der Waals surface area (Å²) in [6, 6.07) is 4.70. The third kappa shape index (κ3) is 5.55. The van der Waals surface area contributed by atoms with Gasteiger partial charge in [0.05, 0.1) is 0 Å². The minimum absolute atomic E-state index is 0.0375. The van der Waals surface area contributed by atoms with Gasteiger partial charge in [0.25, 0.3) is 0 Å². The lowest BCUT2D eigenvalue weighted by molar-refractivity contribution is 0.364. The topological polar surface area (TPSA) is 12.0 Å². The highest BCUT2D eigenvalue weighted by atomic mass is 35.5. The summed E-state index contributed by atoms with van der Waals surface area (Å²) in [6.45, 7) is 7.49. The lowest BCUT2D eigenvalue weighted by Crippen LogP contribution is -2.26. The Hall–Kier alpha value is -0.310. The fourth-order valence-corrected chi connectivity index (χ4v) is 2.59. The van der Waals surface area contributed by atoms with Crippen molar-refractivity contribution in [2.45, 2.75) is 39.1 Å². The van der Waals surface area contributed by atoms with Gasteiger partial charge >= 0.3 is 0 Å². The number of benzene rings is 1. The molecular formula is C14H20Cl2FN. The van der Waals surface area contributed by atoms with Gasteiger partial charge in [-0.3, -0.25) is 0 Å². The van der Waals surface area contributed by atoms with Crippen LogP contribution >= 0.6 is 23.2 Å². The lowest BCUT2D eigenvalue weighted by atomic mass is 9.90. The van der Waals surface area contributed by atoms with Crippen LogP contribution in [-0.4, -0.2) is 11.9 Å². The molecule has 0 aliphatic heterocycles. The molecule has 1 unspecified atom stereocenters. The Bertz CT molecular complexity index is 368. The number of alkyl halides is 1. The molecule has 0 radical (unpaired) electrons. The fraction of sp³-hybridized carbons (Fsp3) is 0.571. The predicted molar refractivity (Wildman–Crippen MR) is 76.8 cm³/mol. The molecule has 1 atom stereocenters. The SMILES string of the molecule is CC(C)(C)CC(Cl)CNCc1c(F)cccc1Cl. The van der Waals surface area contributed by atoms with E-state index in [0.29, 0.717) is 23.7 Å². The largest absolute Gasteiger partial charge is 0.311 e. The molecule has 1 aromatic carbocycles. The molecule has 0 saturated carbocycles. The van der Waals surface area contributed by atoms with Crippen molar-refractivity contribution < 1.29 is 4.39 Å². The third-order valence-corrected chi connectivity index (χ3v) is 3.23. The van der Waals surface area contributed by atoms with E-state index in [0.717, 1.165) is 6.42 Å². The Labute approximate surface area is 119 Å². The van der Waals surface area contributed by atoms with Crippen molar-refractivity contribution in [3.8, 4) is 0 Å². The summed E-state index contributed by atoms with van der Waals surface area (Å²) in [5.41, 5.74) is 0.697. The maximum Gasteiger partial charge on any atom is 0.129 e. The van der Waals surface area contributed by atoms with Gasteiger partial charge in [-0.05, 0) is 24.0 Å². The van der Waals surface area contributed by atoms with Crippen LogP contribution in [0, 0.1) is 11.2 Å². The van der Waals surface area contributed by atoms with Gasteiger partial charge in [-0.1, -0.05) is 38.4 Å². The Morgan fingerprint density at radius 2 is 2.00 bits per heavy atom. The van der Waals surface area contributed by atoms with Crippen molar-refractivity contribution in [2.75, 3.05) is 6.54 Å². The average molecular weight is 292 g/mol. The van der Waals surface area contributed by atoms with Crippen LogP contribution in [0.15, 0.2) is 18.2 Å². The first-order valence-electron chi connectivity index (χ1n) is 6.07. The lowest BCUT2D eigenvalue weighted by Gasteiger charge is -2.22. The molecule has 0 aromatic heterocycles. The predicted octanol–water partition coefficient (Wildman–Crippen LogP) is 4.61. The van der Waals surface area contributed by atoms with Gasteiger partial charge < -0.3 is 5.32 Å². The minimum atomic E-state index is -0.281. The molecule has 1 rings (SSSR count). The minimum Gasteiger partial charge on any atom is -0.311 e. The van der Waals surface area contributed by atoms with E-state index in [1.165, 1.54) is 6.07 Å². The first-order valence-corrected chi connectivity index (χ1v) is 6.89. The standard InChI is InChI=1S/C14H20Cl2FN/c1-14(2,3)7-10(15)8-18-9-11-12(16)5-4-6-13(11)17/h4-6,10,18H,7-9H2,1-3H3. The number of nitrogens with one attached hydrogen (secondary N) is 1. The molecule has 0 heterocycles. The Balaban J connectivity index is 2.42. The summed E-state index contributed by atoms with van der Waals surface area (Å²) in [5.74, 6) is -0.281. The van der Waals surface area contributed by atoms with Crippen molar-refractivity contribution in [1.29, 1.82) is 0 Å². The normalized spacial score (nSPS) is 13.7. The molecule has 102 valence electrons. The molecule has 0 saturated heterocycles. The van der Waals surface area contributed by atoms with Gasteiger partial charge in [0.2, 0.25) is 0 Å². The second-order valence-corrected chi connectivity index (χ2v) is 6.72. The molecule has 0 amide bonds. The van der Waals surface area contributed by atoms with Gasteiger partial charge in [-0.25, -0.2) is 4.39 Å². The van der Waals surface area contributed by atoms with E-state index in [9.17, 15) is 4.39 Å². The van der Waals surface area contributed by atoms with Crippen molar-refractivity contribution >= 4 is 23.2 Å². The van der Waals surface area contributed by atoms with Gasteiger partial charge in [0, 0.05) is 29.1 Å². The zero-order valence-electron chi connectivity index (χ0n) is 11.1. The molecule has 0 fully saturated rings. The number of hydrogen-bond donors (Lipinski definition) is 1. The van der Waals surface area contributed by atoms with E-state index < -0.39 is 0 Å². The van der Waals surface area contributed by atoms with E-state index in [-0.39, 0.29) is 16.6 Å². The van der Waals surface area contributed by atoms with Crippen LogP contribution in [0.2, 0.25) is 5.02 Å². The molecule has 0 bridgehead atoms. The molecule has 0 aliphatic carbocycles. The highest BCUT2D eigenvalue weighted by molar-refractivity contribution is 6.31. The summed E-state index contributed by atoms with van der Waals surface area (Å²) >= 11 is 12.2. The first kappa shape index (κ1) is 15.7. The van der Waals surface area contributed by atoms with E-state index in [1.54, 1.807) is 12.1 Å². The Kier molecular flexibility index (Phi) is 5.90. The Morgan fingerprint density at radius 3 is 2.56 bits per heavy atom. The molecule has 1 aromatic rings. The van der Waals surface area contributed by atoms with Crippen LogP contribution in [0.1, 0.15) is 32.8 Å². The van der Waals surface area contributed by atoms with Crippen LogP contribution in [0.4, 0.5) is 4.39 Å². The maximum absolute atomic E-state index is 13.5. The second kappa shape index (κ2) is 6.74.